The highest BCUT2D eigenvalue weighted by Gasteiger charge is 2.20. The van der Waals surface area contributed by atoms with Gasteiger partial charge in [0.05, 0.1) is 25.4 Å². The zero-order valence-electron chi connectivity index (χ0n) is 49.8. The van der Waals surface area contributed by atoms with Gasteiger partial charge in [0.2, 0.25) is 5.91 Å². The molecule has 1 amide bonds. The molecule has 0 bridgehead atoms. The molecule has 2 unspecified atom stereocenters. The van der Waals surface area contributed by atoms with E-state index in [1.165, 1.54) is 276 Å². The zero-order chi connectivity index (χ0) is 53.6. The average Bonchev–Trinajstić information content (AvgIpc) is 3.40. The number of hydrogen-bond donors (Lipinski definition) is 3. The fourth-order valence-corrected chi connectivity index (χ4v) is 10.3. The summed E-state index contributed by atoms with van der Waals surface area (Å²) < 4.78 is 5.46. The number of nitrogens with one attached hydrogen (secondary N) is 1. The molecule has 0 aromatic rings. The first-order valence-corrected chi connectivity index (χ1v) is 33.2. The van der Waals surface area contributed by atoms with E-state index in [2.05, 4.69) is 55.6 Å². The van der Waals surface area contributed by atoms with Crippen molar-refractivity contribution in [3.63, 3.8) is 0 Å². The minimum absolute atomic E-state index is 0.00201. The number of allylic oxidation sites excluding steroid dienone is 6. The fraction of sp³-hybridized carbons (Fsp3) is 0.882. The van der Waals surface area contributed by atoms with Crippen LogP contribution >= 0.6 is 0 Å². The first-order valence-electron chi connectivity index (χ1n) is 33.2. The number of amides is 1. The van der Waals surface area contributed by atoms with Crippen LogP contribution in [0.4, 0.5) is 0 Å². The number of unbranched alkanes of at least 4 members (excludes halogenated alkanes) is 45. The molecule has 2 atom stereocenters. The zero-order valence-corrected chi connectivity index (χ0v) is 49.8. The van der Waals surface area contributed by atoms with E-state index in [4.69, 9.17) is 4.74 Å². The molecule has 0 radical (unpaired) electrons. The molecule has 6 heteroatoms. The van der Waals surface area contributed by atoms with Gasteiger partial charge >= 0.3 is 5.97 Å². The van der Waals surface area contributed by atoms with Gasteiger partial charge in [0.25, 0.3) is 0 Å². The Morgan fingerprint density at radius 3 is 1.07 bits per heavy atom. The summed E-state index contributed by atoms with van der Waals surface area (Å²) in [6, 6.07) is -0.542. The van der Waals surface area contributed by atoms with Crippen molar-refractivity contribution < 1.29 is 24.5 Å². The van der Waals surface area contributed by atoms with Crippen molar-refractivity contribution in [3.05, 3.63) is 36.5 Å². The van der Waals surface area contributed by atoms with Gasteiger partial charge in [-0.05, 0) is 83.5 Å². The summed E-state index contributed by atoms with van der Waals surface area (Å²) in [5.74, 6) is -0.0316. The van der Waals surface area contributed by atoms with Gasteiger partial charge < -0.3 is 20.3 Å². The fourth-order valence-electron chi connectivity index (χ4n) is 10.3. The minimum Gasteiger partial charge on any atom is -0.466 e. The van der Waals surface area contributed by atoms with Crippen LogP contribution in [0.2, 0.25) is 0 Å². The number of esters is 1. The van der Waals surface area contributed by atoms with Crippen molar-refractivity contribution in [1.29, 1.82) is 0 Å². The third-order valence-electron chi connectivity index (χ3n) is 15.4. The number of rotatable bonds is 62. The highest BCUT2D eigenvalue weighted by atomic mass is 16.5. The number of carbonyl (C=O) groups is 2. The second-order valence-corrected chi connectivity index (χ2v) is 22.8. The average molecular weight is 1040 g/mol. The van der Waals surface area contributed by atoms with E-state index in [9.17, 15) is 19.8 Å². The summed E-state index contributed by atoms with van der Waals surface area (Å²) in [5, 5.41) is 23.3. The SMILES string of the molecule is CCCCC/C=C\CCCCCCCC(=O)OCCCCCCCCCCC/C=C\C/C=C\CCCCCCCCCCCCCCCC(=O)NC(CO)C(O)CCCCCCCCCCCCCCCCCC. The largest absolute Gasteiger partial charge is 0.466 e. The standard InChI is InChI=1S/C68H129NO5/c1-3-5-7-9-11-13-15-17-18-34-37-40-44-48-52-56-60-66(71)65(64-70)69-67(72)61-57-53-49-45-41-38-35-32-30-28-26-24-22-20-19-21-23-25-27-29-31-33-36-39-43-47-51-55-59-63-74-68(73)62-58-54-50-46-42-16-14-12-10-8-6-4-2/h12,14,19,21,25,27,65-66,70-71H,3-11,13,15-18,20,22-24,26,28-64H2,1-2H3,(H,69,72)/b14-12-,21-19-,27-25-. The van der Waals surface area contributed by atoms with Crippen LogP contribution in [0.15, 0.2) is 36.5 Å². The van der Waals surface area contributed by atoms with E-state index < -0.39 is 12.1 Å². The number of carbonyl (C=O) groups excluding carboxylic acids is 2. The molecule has 0 aromatic carbocycles. The summed E-state index contributed by atoms with van der Waals surface area (Å²) in [6.45, 7) is 4.94. The van der Waals surface area contributed by atoms with Crippen molar-refractivity contribution >= 4 is 11.9 Å². The van der Waals surface area contributed by atoms with Gasteiger partial charge in [-0.15, -0.1) is 0 Å². The molecule has 0 rings (SSSR count). The third-order valence-corrected chi connectivity index (χ3v) is 15.4. The molecule has 0 saturated carbocycles. The van der Waals surface area contributed by atoms with Gasteiger partial charge in [-0.25, -0.2) is 0 Å². The van der Waals surface area contributed by atoms with Gasteiger partial charge in [0, 0.05) is 12.8 Å². The van der Waals surface area contributed by atoms with Crippen molar-refractivity contribution in [2.75, 3.05) is 13.2 Å². The molecule has 0 aliphatic heterocycles. The molecular weight excluding hydrogens is 911 g/mol. The van der Waals surface area contributed by atoms with Crippen LogP contribution in [0.3, 0.4) is 0 Å². The molecule has 0 fully saturated rings. The van der Waals surface area contributed by atoms with Crippen molar-refractivity contribution in [3.8, 4) is 0 Å². The number of hydrogen-bond acceptors (Lipinski definition) is 5. The summed E-state index contributed by atoms with van der Waals surface area (Å²) in [7, 11) is 0. The molecule has 0 spiro atoms. The number of aliphatic hydroxyl groups excluding tert-OH is 2. The first-order chi connectivity index (χ1) is 36.5. The molecule has 74 heavy (non-hydrogen) atoms. The molecule has 0 saturated heterocycles. The van der Waals surface area contributed by atoms with Crippen LogP contribution in [0.5, 0.6) is 0 Å². The maximum absolute atomic E-state index is 12.5. The van der Waals surface area contributed by atoms with E-state index in [0.717, 1.165) is 51.4 Å². The molecule has 0 aliphatic rings. The second kappa shape index (κ2) is 63.6. The Balaban J connectivity index is 3.41. The topological polar surface area (TPSA) is 95.9 Å². The molecule has 6 nitrogen and oxygen atoms in total. The van der Waals surface area contributed by atoms with Crippen LogP contribution in [0.1, 0.15) is 361 Å². The Labute approximate surface area is 462 Å². The lowest BCUT2D eigenvalue weighted by molar-refractivity contribution is -0.143. The van der Waals surface area contributed by atoms with Crippen molar-refractivity contribution in [1.82, 2.24) is 5.32 Å². The smallest absolute Gasteiger partial charge is 0.305 e. The normalized spacial score (nSPS) is 12.8. The monoisotopic (exact) mass is 1040 g/mol. The quantitative estimate of drug-likeness (QED) is 0.0320. The van der Waals surface area contributed by atoms with Gasteiger partial charge in [0.15, 0.2) is 0 Å². The van der Waals surface area contributed by atoms with Crippen LogP contribution in [0, 0.1) is 0 Å². The van der Waals surface area contributed by atoms with Crippen molar-refractivity contribution in [2.45, 2.75) is 373 Å². The molecule has 0 heterocycles. The molecule has 3 N–H and O–H groups in total. The van der Waals surface area contributed by atoms with E-state index >= 15 is 0 Å². The third kappa shape index (κ3) is 59.3. The van der Waals surface area contributed by atoms with Crippen LogP contribution in [-0.4, -0.2) is 47.4 Å². The predicted octanol–water partition coefficient (Wildman–Crippen LogP) is 21.1. The predicted molar refractivity (Wildman–Crippen MR) is 324 cm³/mol. The Morgan fingerprint density at radius 1 is 0.378 bits per heavy atom. The summed E-state index contributed by atoms with van der Waals surface area (Å²) in [5.41, 5.74) is 0. The molecule has 0 aromatic heterocycles. The number of ether oxygens (including phenoxy) is 1. The molecule has 0 aliphatic carbocycles. The van der Waals surface area contributed by atoms with Crippen LogP contribution < -0.4 is 5.32 Å². The lowest BCUT2D eigenvalue weighted by Crippen LogP contribution is -2.45. The highest BCUT2D eigenvalue weighted by molar-refractivity contribution is 5.76. The lowest BCUT2D eigenvalue weighted by atomic mass is 10.0. The molecule has 436 valence electrons. The Kier molecular flexibility index (Phi) is 62.0. The van der Waals surface area contributed by atoms with E-state index in [1.54, 1.807) is 0 Å². The number of aliphatic hydroxyl groups is 2. The Morgan fingerprint density at radius 2 is 0.676 bits per heavy atom. The van der Waals surface area contributed by atoms with Crippen LogP contribution in [0.25, 0.3) is 0 Å². The highest BCUT2D eigenvalue weighted by Crippen LogP contribution is 2.18. The maximum Gasteiger partial charge on any atom is 0.305 e. The summed E-state index contributed by atoms with van der Waals surface area (Å²) >= 11 is 0. The van der Waals surface area contributed by atoms with E-state index in [1.807, 2.05) is 0 Å². The second-order valence-electron chi connectivity index (χ2n) is 22.8. The molecular formula is C68H129NO5. The first kappa shape index (κ1) is 72.1. The Bertz CT molecular complexity index is 1200. The van der Waals surface area contributed by atoms with Gasteiger partial charge in [-0.1, -0.05) is 301 Å². The van der Waals surface area contributed by atoms with Gasteiger partial charge in [-0.3, -0.25) is 9.59 Å². The summed E-state index contributed by atoms with van der Waals surface area (Å²) in [6.07, 6.45) is 80.3. The summed E-state index contributed by atoms with van der Waals surface area (Å²) in [4.78, 5) is 24.5. The van der Waals surface area contributed by atoms with E-state index in [-0.39, 0.29) is 18.5 Å². The van der Waals surface area contributed by atoms with Crippen LogP contribution in [-0.2, 0) is 14.3 Å². The Hall–Kier alpha value is -1.92. The minimum atomic E-state index is -0.665. The van der Waals surface area contributed by atoms with Crippen molar-refractivity contribution in [2.24, 2.45) is 0 Å². The van der Waals surface area contributed by atoms with Gasteiger partial charge in [-0.2, -0.15) is 0 Å². The lowest BCUT2D eigenvalue weighted by Gasteiger charge is -2.22. The maximum atomic E-state index is 12.5. The van der Waals surface area contributed by atoms with Gasteiger partial charge in [0.1, 0.15) is 0 Å². The van der Waals surface area contributed by atoms with E-state index in [0.29, 0.717) is 25.9 Å².